The molecule has 122 valence electrons. The molecule has 1 N–H and O–H groups in total. The lowest BCUT2D eigenvalue weighted by Crippen LogP contribution is -2.58. The molecule has 0 saturated carbocycles. The summed E-state index contributed by atoms with van der Waals surface area (Å²) in [5.74, 6) is -1.73. The minimum atomic E-state index is -3.92. The van der Waals surface area contributed by atoms with Crippen molar-refractivity contribution >= 4 is 25.8 Å². The summed E-state index contributed by atoms with van der Waals surface area (Å²) in [6.07, 6.45) is 1.25. The van der Waals surface area contributed by atoms with Gasteiger partial charge in [-0.1, -0.05) is 13.8 Å². The number of nitrogens with zero attached hydrogens (tertiary/aromatic N) is 1. The molecule has 0 amide bonds. The molecule has 0 radical (unpaired) electrons. The molecule has 2 atom stereocenters. The number of piperidine rings is 1. The van der Waals surface area contributed by atoms with Gasteiger partial charge in [0, 0.05) is 6.54 Å². The molecule has 0 aromatic carbocycles. The Bertz CT molecular complexity index is 637. The molecule has 2 saturated heterocycles. The Balaban J connectivity index is 2.36. The maximum atomic E-state index is 12.7. The molecule has 0 bridgehead atoms. The third-order valence-corrected chi connectivity index (χ3v) is 8.67. The van der Waals surface area contributed by atoms with E-state index in [2.05, 4.69) is 0 Å². The van der Waals surface area contributed by atoms with Crippen LogP contribution >= 0.6 is 0 Å². The van der Waals surface area contributed by atoms with Crippen LogP contribution in [0, 0.1) is 5.41 Å². The maximum Gasteiger partial charge on any atom is 0.322 e. The van der Waals surface area contributed by atoms with Crippen LogP contribution in [0.25, 0.3) is 0 Å². The van der Waals surface area contributed by atoms with Gasteiger partial charge in [0.05, 0.1) is 16.8 Å². The van der Waals surface area contributed by atoms with Crippen LogP contribution in [0.2, 0.25) is 0 Å². The van der Waals surface area contributed by atoms with E-state index in [1.54, 1.807) is 13.8 Å². The Morgan fingerprint density at radius 2 is 1.95 bits per heavy atom. The normalized spacial score (nSPS) is 32.9. The second-order valence-corrected chi connectivity index (χ2v) is 10.9. The highest BCUT2D eigenvalue weighted by molar-refractivity contribution is 7.95. The van der Waals surface area contributed by atoms with Crippen LogP contribution in [0.4, 0.5) is 0 Å². The highest BCUT2D eigenvalue weighted by Gasteiger charge is 2.50. The average molecular weight is 339 g/mol. The predicted octanol–water partition coefficient (Wildman–Crippen LogP) is 0.0785. The van der Waals surface area contributed by atoms with Crippen molar-refractivity contribution in [3.63, 3.8) is 0 Å². The topological polar surface area (TPSA) is 109 Å². The van der Waals surface area contributed by atoms with Gasteiger partial charge in [-0.2, -0.15) is 4.31 Å². The molecule has 2 heterocycles. The molecular formula is C12H21NO6S2. The van der Waals surface area contributed by atoms with E-state index in [0.29, 0.717) is 12.8 Å². The summed E-state index contributed by atoms with van der Waals surface area (Å²) in [4.78, 5) is 11.5. The average Bonchev–Trinajstić information content (AvgIpc) is 2.68. The fourth-order valence-corrected chi connectivity index (χ4v) is 8.12. The van der Waals surface area contributed by atoms with Gasteiger partial charge in [0.15, 0.2) is 9.84 Å². The van der Waals surface area contributed by atoms with Gasteiger partial charge in [-0.15, -0.1) is 0 Å². The Kier molecular flexibility index (Phi) is 4.14. The first kappa shape index (κ1) is 16.7. The summed E-state index contributed by atoms with van der Waals surface area (Å²) < 4.78 is 49.4. The van der Waals surface area contributed by atoms with Crippen LogP contribution < -0.4 is 0 Å². The van der Waals surface area contributed by atoms with E-state index in [0.717, 1.165) is 4.31 Å². The van der Waals surface area contributed by atoms with Crippen LogP contribution in [0.5, 0.6) is 0 Å². The van der Waals surface area contributed by atoms with Crippen molar-refractivity contribution in [1.82, 2.24) is 4.31 Å². The predicted molar refractivity (Wildman–Crippen MR) is 77.1 cm³/mol. The summed E-state index contributed by atoms with van der Waals surface area (Å²) in [6, 6.07) is -1.14. The number of aliphatic carboxylic acids is 1. The van der Waals surface area contributed by atoms with E-state index < -0.39 is 48.3 Å². The van der Waals surface area contributed by atoms with E-state index in [-0.39, 0.29) is 18.7 Å². The zero-order chi connectivity index (χ0) is 16.1. The molecule has 0 aromatic rings. The lowest BCUT2D eigenvalue weighted by molar-refractivity contribution is -0.147. The lowest BCUT2D eigenvalue weighted by Gasteiger charge is -2.43. The first-order chi connectivity index (χ1) is 9.47. The van der Waals surface area contributed by atoms with Crippen molar-refractivity contribution in [2.75, 3.05) is 18.1 Å². The minimum absolute atomic E-state index is 0.0495. The Hall–Kier alpha value is -0.670. The van der Waals surface area contributed by atoms with Gasteiger partial charge in [0.25, 0.3) is 0 Å². The molecule has 9 heteroatoms. The molecule has 0 spiro atoms. The minimum Gasteiger partial charge on any atom is -0.480 e. The number of carboxylic acid groups (broad SMARTS) is 1. The van der Waals surface area contributed by atoms with Gasteiger partial charge in [-0.3, -0.25) is 4.79 Å². The van der Waals surface area contributed by atoms with Gasteiger partial charge in [-0.25, -0.2) is 16.8 Å². The molecule has 2 aliphatic rings. The monoisotopic (exact) mass is 339 g/mol. The number of sulfone groups is 1. The van der Waals surface area contributed by atoms with E-state index in [1.165, 1.54) is 0 Å². The number of rotatable bonds is 3. The molecule has 2 fully saturated rings. The van der Waals surface area contributed by atoms with Gasteiger partial charge < -0.3 is 5.11 Å². The van der Waals surface area contributed by atoms with Crippen molar-refractivity contribution in [1.29, 1.82) is 0 Å². The number of hydrogen-bond acceptors (Lipinski definition) is 5. The van der Waals surface area contributed by atoms with Crippen LogP contribution in [-0.4, -0.2) is 61.6 Å². The molecule has 7 nitrogen and oxygen atoms in total. The van der Waals surface area contributed by atoms with Crippen LogP contribution in [0.15, 0.2) is 0 Å². The van der Waals surface area contributed by atoms with Crippen LogP contribution in [0.3, 0.4) is 0 Å². The molecule has 21 heavy (non-hydrogen) atoms. The van der Waals surface area contributed by atoms with Gasteiger partial charge in [0.1, 0.15) is 6.04 Å². The van der Waals surface area contributed by atoms with Crippen molar-refractivity contribution < 1.29 is 26.7 Å². The fraction of sp³-hybridized carbons (Fsp3) is 0.917. The molecular weight excluding hydrogens is 318 g/mol. The zero-order valence-electron chi connectivity index (χ0n) is 12.1. The van der Waals surface area contributed by atoms with Crippen LogP contribution in [0.1, 0.15) is 33.1 Å². The van der Waals surface area contributed by atoms with E-state index in [1.807, 2.05) is 0 Å². The molecule has 2 rings (SSSR count). The SMILES string of the molecule is CC1(C)CCCN(S(=O)(=O)C2CCS(=O)(=O)C2)C1C(=O)O. The van der Waals surface area contributed by atoms with Gasteiger partial charge in [0.2, 0.25) is 10.0 Å². The fourth-order valence-electron chi connectivity index (χ4n) is 3.27. The number of hydrogen-bond donors (Lipinski definition) is 1. The first-order valence-corrected chi connectivity index (χ1v) is 10.2. The largest absolute Gasteiger partial charge is 0.480 e. The number of sulfonamides is 1. The molecule has 2 unspecified atom stereocenters. The maximum absolute atomic E-state index is 12.7. The summed E-state index contributed by atoms with van der Waals surface area (Å²) >= 11 is 0. The number of carboxylic acids is 1. The second kappa shape index (κ2) is 5.20. The highest BCUT2D eigenvalue weighted by atomic mass is 32.2. The molecule has 0 aliphatic carbocycles. The zero-order valence-corrected chi connectivity index (χ0v) is 13.8. The Morgan fingerprint density at radius 1 is 1.33 bits per heavy atom. The van der Waals surface area contributed by atoms with E-state index in [4.69, 9.17) is 0 Å². The Morgan fingerprint density at radius 3 is 2.43 bits per heavy atom. The quantitative estimate of drug-likeness (QED) is 0.780. The summed E-state index contributed by atoms with van der Waals surface area (Å²) in [6.45, 7) is 3.61. The van der Waals surface area contributed by atoms with Crippen LogP contribution in [-0.2, 0) is 24.7 Å². The second-order valence-electron chi connectivity index (χ2n) is 6.51. The standard InChI is InChI=1S/C12H21NO6S2/c1-12(2)5-3-6-13(10(12)11(14)15)21(18,19)9-4-7-20(16,17)8-9/h9-10H,3-8H2,1-2H3,(H,14,15). The van der Waals surface area contributed by atoms with E-state index >= 15 is 0 Å². The summed E-state index contributed by atoms with van der Waals surface area (Å²) in [5, 5.41) is 8.41. The summed E-state index contributed by atoms with van der Waals surface area (Å²) in [5.41, 5.74) is -0.672. The third-order valence-electron chi connectivity index (χ3n) is 4.40. The number of carbonyl (C=O) groups is 1. The van der Waals surface area contributed by atoms with Gasteiger partial charge >= 0.3 is 5.97 Å². The summed E-state index contributed by atoms with van der Waals surface area (Å²) in [7, 11) is -7.26. The Labute approximate surface area is 125 Å². The lowest BCUT2D eigenvalue weighted by atomic mass is 9.77. The van der Waals surface area contributed by atoms with Gasteiger partial charge in [-0.05, 0) is 24.7 Å². The van der Waals surface area contributed by atoms with E-state index in [9.17, 15) is 26.7 Å². The van der Waals surface area contributed by atoms with Crippen molar-refractivity contribution in [2.24, 2.45) is 5.41 Å². The third kappa shape index (κ3) is 3.09. The molecule has 2 aliphatic heterocycles. The molecule has 0 aromatic heterocycles. The first-order valence-electron chi connectivity index (χ1n) is 6.91. The van der Waals surface area contributed by atoms with Crippen molar-refractivity contribution in [2.45, 2.75) is 44.4 Å². The highest BCUT2D eigenvalue weighted by Crippen LogP contribution is 2.38. The van der Waals surface area contributed by atoms with Crippen molar-refractivity contribution in [3.8, 4) is 0 Å². The smallest absolute Gasteiger partial charge is 0.322 e. The van der Waals surface area contributed by atoms with Crippen molar-refractivity contribution in [3.05, 3.63) is 0 Å².